The Balaban J connectivity index is 1.71. The summed E-state index contributed by atoms with van der Waals surface area (Å²) in [6, 6.07) is 6.39. The van der Waals surface area contributed by atoms with Crippen LogP contribution in [0.1, 0.15) is 42.6 Å². The predicted molar refractivity (Wildman–Crippen MR) is 113 cm³/mol. The summed E-state index contributed by atoms with van der Waals surface area (Å²) in [5.41, 5.74) is 0.797. The molecular weight excluding hydrogens is 410 g/mol. The second-order valence-electron chi connectivity index (χ2n) is 6.86. The molecule has 0 saturated heterocycles. The van der Waals surface area contributed by atoms with Crippen LogP contribution in [-0.4, -0.2) is 44.6 Å². The van der Waals surface area contributed by atoms with E-state index < -0.39 is 16.2 Å². The van der Waals surface area contributed by atoms with E-state index in [0.29, 0.717) is 17.5 Å². The first-order valence-electron chi connectivity index (χ1n) is 9.56. The van der Waals surface area contributed by atoms with Crippen LogP contribution in [0.25, 0.3) is 0 Å². The van der Waals surface area contributed by atoms with Gasteiger partial charge < -0.3 is 15.4 Å². The highest BCUT2D eigenvalue weighted by Crippen LogP contribution is 2.29. The fourth-order valence-electron chi connectivity index (χ4n) is 3.25. The van der Waals surface area contributed by atoms with Crippen LogP contribution < -0.4 is 20.1 Å². The summed E-state index contributed by atoms with van der Waals surface area (Å²) >= 11 is 0. The van der Waals surface area contributed by atoms with Gasteiger partial charge in [0, 0.05) is 18.2 Å². The molecular formula is C19H25N5O5S. The van der Waals surface area contributed by atoms with Gasteiger partial charge in [0.05, 0.1) is 25.6 Å². The number of hydrogen-bond donors (Lipinski definition) is 3. The summed E-state index contributed by atoms with van der Waals surface area (Å²) in [4.78, 5) is 20.9. The molecule has 0 aliphatic heterocycles. The Morgan fingerprint density at radius 2 is 1.87 bits per heavy atom. The molecule has 1 aromatic heterocycles. The number of methoxy groups -OCH3 is 1. The highest BCUT2D eigenvalue weighted by molar-refractivity contribution is 7.88. The van der Waals surface area contributed by atoms with E-state index >= 15 is 0 Å². The molecule has 2 aromatic rings. The molecule has 1 heterocycles. The topological polar surface area (TPSA) is 132 Å². The van der Waals surface area contributed by atoms with Crippen LogP contribution >= 0.6 is 0 Å². The number of benzene rings is 1. The number of amides is 1. The summed E-state index contributed by atoms with van der Waals surface area (Å²) in [5.74, 6) is 0.445. The standard InChI is InChI=1S/C19H25N5O5S/c1-28-17-10-14(24-30(26,27)29-2)8-9-15(17)23-19(25)16-11-18(21-12-20-16)22-13-6-4-3-5-7-13/h8-13,24H,3-7H2,1-2H3,(H,23,25)(H,20,21,22). The second kappa shape index (κ2) is 9.72. The Morgan fingerprint density at radius 3 is 2.57 bits per heavy atom. The van der Waals surface area contributed by atoms with E-state index in [1.165, 1.54) is 50.9 Å². The zero-order valence-corrected chi connectivity index (χ0v) is 17.7. The molecule has 1 aliphatic rings. The van der Waals surface area contributed by atoms with E-state index in [2.05, 4.69) is 29.5 Å². The third kappa shape index (κ3) is 5.80. The van der Waals surface area contributed by atoms with Gasteiger partial charge in [-0.2, -0.15) is 8.42 Å². The average molecular weight is 436 g/mol. The van der Waals surface area contributed by atoms with Crippen molar-refractivity contribution in [3.63, 3.8) is 0 Å². The van der Waals surface area contributed by atoms with Crippen LogP contribution in [0.5, 0.6) is 5.75 Å². The van der Waals surface area contributed by atoms with Gasteiger partial charge in [0.15, 0.2) is 0 Å². The van der Waals surface area contributed by atoms with Crippen LogP contribution in [-0.2, 0) is 14.5 Å². The average Bonchev–Trinajstić information content (AvgIpc) is 2.75. The molecule has 1 amide bonds. The van der Waals surface area contributed by atoms with Gasteiger partial charge in [0.2, 0.25) is 0 Å². The normalized spacial score (nSPS) is 14.7. The van der Waals surface area contributed by atoms with Gasteiger partial charge in [-0.3, -0.25) is 13.7 Å². The minimum absolute atomic E-state index is 0.203. The van der Waals surface area contributed by atoms with Gasteiger partial charge in [0.1, 0.15) is 23.6 Å². The highest BCUT2D eigenvalue weighted by Gasteiger charge is 2.17. The van der Waals surface area contributed by atoms with Crippen LogP contribution in [0, 0.1) is 0 Å². The largest absolute Gasteiger partial charge is 0.494 e. The van der Waals surface area contributed by atoms with Gasteiger partial charge in [-0.05, 0) is 25.0 Å². The Hall–Kier alpha value is -2.92. The molecule has 0 unspecified atom stereocenters. The van der Waals surface area contributed by atoms with Crippen molar-refractivity contribution < 1.29 is 22.1 Å². The Bertz CT molecular complexity index is 993. The summed E-state index contributed by atoms with van der Waals surface area (Å²) in [6.07, 6.45) is 7.14. The molecule has 0 bridgehead atoms. The zero-order chi connectivity index (χ0) is 21.6. The molecule has 1 fully saturated rings. The molecule has 162 valence electrons. The third-order valence-corrected chi connectivity index (χ3v) is 5.69. The van der Waals surface area contributed by atoms with Crippen molar-refractivity contribution in [1.29, 1.82) is 0 Å². The van der Waals surface area contributed by atoms with Gasteiger partial charge >= 0.3 is 10.3 Å². The molecule has 0 spiro atoms. The predicted octanol–water partition coefficient (Wildman–Crippen LogP) is 2.79. The van der Waals surface area contributed by atoms with Crippen molar-refractivity contribution >= 4 is 33.4 Å². The Kier molecular flexibility index (Phi) is 7.06. The van der Waals surface area contributed by atoms with Gasteiger partial charge in [-0.25, -0.2) is 9.97 Å². The smallest absolute Gasteiger partial charge is 0.359 e. The first kappa shape index (κ1) is 21.8. The number of rotatable bonds is 8. The molecule has 0 atom stereocenters. The number of hydrogen-bond acceptors (Lipinski definition) is 8. The summed E-state index contributed by atoms with van der Waals surface area (Å²) < 4.78 is 34.9. The minimum atomic E-state index is -3.91. The summed E-state index contributed by atoms with van der Waals surface area (Å²) in [6.45, 7) is 0. The number of nitrogens with zero attached hydrogens (tertiary/aromatic N) is 2. The van der Waals surface area contributed by atoms with Crippen LogP contribution in [0.3, 0.4) is 0 Å². The highest BCUT2D eigenvalue weighted by atomic mass is 32.2. The van der Waals surface area contributed by atoms with Crippen LogP contribution in [0.15, 0.2) is 30.6 Å². The molecule has 11 heteroatoms. The van der Waals surface area contributed by atoms with E-state index in [1.54, 1.807) is 6.07 Å². The van der Waals surface area contributed by atoms with Crippen molar-refractivity contribution in [2.24, 2.45) is 0 Å². The van der Waals surface area contributed by atoms with E-state index in [0.717, 1.165) is 20.0 Å². The van der Waals surface area contributed by atoms with Crippen molar-refractivity contribution in [2.75, 3.05) is 29.6 Å². The molecule has 10 nitrogen and oxygen atoms in total. The van der Waals surface area contributed by atoms with E-state index in [1.807, 2.05) is 0 Å². The maximum Gasteiger partial charge on any atom is 0.359 e. The van der Waals surface area contributed by atoms with E-state index in [9.17, 15) is 13.2 Å². The molecule has 1 aliphatic carbocycles. The minimum Gasteiger partial charge on any atom is -0.494 e. The molecule has 30 heavy (non-hydrogen) atoms. The fraction of sp³-hybridized carbons (Fsp3) is 0.421. The quantitative estimate of drug-likeness (QED) is 0.577. The number of ether oxygens (including phenoxy) is 1. The van der Waals surface area contributed by atoms with Crippen molar-refractivity contribution in [1.82, 2.24) is 9.97 Å². The SMILES string of the molecule is COc1cc(NS(=O)(=O)OC)ccc1NC(=O)c1cc(NC2CCCCC2)ncn1. The van der Waals surface area contributed by atoms with Gasteiger partial charge in [-0.1, -0.05) is 19.3 Å². The number of nitrogens with one attached hydrogen (secondary N) is 3. The van der Waals surface area contributed by atoms with Crippen LogP contribution in [0.4, 0.5) is 17.2 Å². The molecule has 1 saturated carbocycles. The van der Waals surface area contributed by atoms with E-state index in [-0.39, 0.29) is 17.1 Å². The van der Waals surface area contributed by atoms with Gasteiger partial charge in [0.25, 0.3) is 5.91 Å². The monoisotopic (exact) mass is 435 g/mol. The fourth-order valence-corrected chi connectivity index (χ4v) is 3.75. The lowest BCUT2D eigenvalue weighted by atomic mass is 9.95. The molecule has 0 radical (unpaired) electrons. The lowest BCUT2D eigenvalue weighted by Gasteiger charge is -2.23. The lowest BCUT2D eigenvalue weighted by molar-refractivity contribution is 0.102. The number of anilines is 3. The van der Waals surface area contributed by atoms with Gasteiger partial charge in [-0.15, -0.1) is 0 Å². The maximum atomic E-state index is 12.7. The van der Waals surface area contributed by atoms with Crippen molar-refractivity contribution in [3.05, 3.63) is 36.3 Å². The zero-order valence-electron chi connectivity index (χ0n) is 16.8. The first-order valence-corrected chi connectivity index (χ1v) is 11.0. The van der Waals surface area contributed by atoms with Crippen molar-refractivity contribution in [3.8, 4) is 5.75 Å². The maximum absolute atomic E-state index is 12.7. The Labute approximate surface area is 175 Å². The third-order valence-electron chi connectivity index (χ3n) is 4.77. The number of aromatic nitrogens is 2. The lowest BCUT2D eigenvalue weighted by Crippen LogP contribution is -2.23. The molecule has 1 aromatic carbocycles. The van der Waals surface area contributed by atoms with E-state index in [4.69, 9.17) is 4.74 Å². The summed E-state index contributed by atoms with van der Waals surface area (Å²) in [7, 11) is -1.45. The van der Waals surface area contributed by atoms with Crippen LogP contribution in [0.2, 0.25) is 0 Å². The molecule has 3 N–H and O–H groups in total. The second-order valence-corrected chi connectivity index (χ2v) is 8.31. The first-order chi connectivity index (χ1) is 14.4. The molecule has 3 rings (SSSR count). The van der Waals surface area contributed by atoms with Crippen molar-refractivity contribution in [2.45, 2.75) is 38.1 Å². The number of carbonyl (C=O) groups is 1. The summed E-state index contributed by atoms with van der Waals surface area (Å²) in [5, 5.41) is 6.09. The number of carbonyl (C=O) groups excluding carboxylic acids is 1. The Morgan fingerprint density at radius 1 is 1.10 bits per heavy atom.